The first-order valence-electron chi connectivity index (χ1n) is 7.49. The lowest BCUT2D eigenvalue weighted by Crippen LogP contribution is -2.32. The second-order valence-corrected chi connectivity index (χ2v) is 5.93. The minimum atomic E-state index is 0.755. The summed E-state index contributed by atoms with van der Waals surface area (Å²) in [5, 5.41) is 3.73. The summed E-state index contributed by atoms with van der Waals surface area (Å²) in [6, 6.07) is 7.70. The lowest BCUT2D eigenvalue weighted by molar-refractivity contribution is 0.436. The van der Waals surface area contributed by atoms with E-state index in [1.165, 1.54) is 55.3 Å². The van der Waals surface area contributed by atoms with Gasteiger partial charge in [-0.3, -0.25) is 0 Å². The molecule has 1 aromatic rings. The van der Waals surface area contributed by atoms with Gasteiger partial charge in [-0.1, -0.05) is 36.2 Å². The molecule has 1 saturated carbocycles. The normalized spacial score (nSPS) is 16.8. The highest BCUT2D eigenvalue weighted by molar-refractivity contribution is 5.28. The Hall–Kier alpha value is -0.820. The smallest absolute Gasteiger partial charge is 0.00984 e. The van der Waals surface area contributed by atoms with E-state index in [2.05, 4.69) is 44.3 Å². The van der Waals surface area contributed by atoms with Crippen LogP contribution in [0, 0.1) is 19.8 Å². The molecule has 0 bridgehead atoms. The van der Waals surface area contributed by atoms with Crippen LogP contribution in [0.15, 0.2) is 18.2 Å². The van der Waals surface area contributed by atoms with Gasteiger partial charge in [-0.25, -0.2) is 0 Å². The number of aryl methyl sites for hydroxylation is 3. The molecule has 0 amide bonds. The zero-order valence-corrected chi connectivity index (χ0v) is 12.1. The number of hydrogen-bond donors (Lipinski definition) is 1. The molecule has 1 N–H and O–H groups in total. The van der Waals surface area contributed by atoms with E-state index in [4.69, 9.17) is 0 Å². The van der Waals surface area contributed by atoms with E-state index in [1.807, 2.05) is 0 Å². The van der Waals surface area contributed by atoms with Crippen LogP contribution in [0.2, 0.25) is 0 Å². The van der Waals surface area contributed by atoms with E-state index < -0.39 is 0 Å². The Bertz CT molecular complexity index is 359. The third kappa shape index (κ3) is 4.13. The summed E-state index contributed by atoms with van der Waals surface area (Å²) in [7, 11) is 0. The molecule has 1 heteroatoms. The topological polar surface area (TPSA) is 12.0 Å². The van der Waals surface area contributed by atoms with Crippen LogP contribution in [0.4, 0.5) is 0 Å². The third-order valence-electron chi connectivity index (χ3n) is 3.87. The standard InChI is InChI=1S/C17H27N/c1-4-9-18-17(16-6-7-16)8-5-15-11-13(2)10-14(3)12-15/h10-12,16-18H,4-9H2,1-3H3. The van der Waals surface area contributed by atoms with Crippen molar-refractivity contribution in [1.29, 1.82) is 0 Å². The molecule has 1 aliphatic rings. The fraction of sp³-hybridized carbons (Fsp3) is 0.647. The summed E-state index contributed by atoms with van der Waals surface area (Å²) < 4.78 is 0. The molecule has 1 fully saturated rings. The lowest BCUT2D eigenvalue weighted by Gasteiger charge is -2.18. The van der Waals surface area contributed by atoms with Gasteiger partial charge in [0.05, 0.1) is 0 Å². The van der Waals surface area contributed by atoms with Gasteiger partial charge in [-0.2, -0.15) is 0 Å². The molecule has 100 valence electrons. The Morgan fingerprint density at radius 3 is 2.39 bits per heavy atom. The van der Waals surface area contributed by atoms with Crippen LogP contribution in [0.25, 0.3) is 0 Å². The molecule has 1 aromatic carbocycles. The summed E-state index contributed by atoms with van der Waals surface area (Å²) in [5.41, 5.74) is 4.31. The molecule has 2 rings (SSSR count). The molecule has 0 saturated heterocycles. The van der Waals surface area contributed by atoms with Crippen molar-refractivity contribution in [2.45, 2.75) is 58.9 Å². The van der Waals surface area contributed by atoms with Gasteiger partial charge < -0.3 is 5.32 Å². The molecule has 18 heavy (non-hydrogen) atoms. The Morgan fingerprint density at radius 1 is 1.17 bits per heavy atom. The summed E-state index contributed by atoms with van der Waals surface area (Å²) in [6.45, 7) is 7.82. The van der Waals surface area contributed by atoms with Gasteiger partial charge in [0, 0.05) is 6.04 Å². The van der Waals surface area contributed by atoms with Crippen molar-refractivity contribution in [3.8, 4) is 0 Å². The van der Waals surface area contributed by atoms with Gasteiger partial charge in [0.15, 0.2) is 0 Å². The lowest BCUT2D eigenvalue weighted by atomic mass is 9.99. The minimum absolute atomic E-state index is 0.755. The highest BCUT2D eigenvalue weighted by Crippen LogP contribution is 2.34. The summed E-state index contributed by atoms with van der Waals surface area (Å²) >= 11 is 0. The number of rotatable bonds is 7. The number of hydrogen-bond acceptors (Lipinski definition) is 1. The SMILES string of the molecule is CCCNC(CCc1cc(C)cc(C)c1)C1CC1. The van der Waals surface area contributed by atoms with E-state index in [9.17, 15) is 0 Å². The highest BCUT2D eigenvalue weighted by atomic mass is 14.9. The Kier molecular flexibility index (Phi) is 4.82. The van der Waals surface area contributed by atoms with E-state index in [0.29, 0.717) is 0 Å². The van der Waals surface area contributed by atoms with E-state index in [0.717, 1.165) is 12.0 Å². The van der Waals surface area contributed by atoms with Crippen LogP contribution in [0.5, 0.6) is 0 Å². The van der Waals surface area contributed by atoms with Gasteiger partial charge in [-0.15, -0.1) is 0 Å². The first-order chi connectivity index (χ1) is 8.69. The maximum absolute atomic E-state index is 3.73. The van der Waals surface area contributed by atoms with Gasteiger partial charge >= 0.3 is 0 Å². The largest absolute Gasteiger partial charge is 0.314 e. The van der Waals surface area contributed by atoms with Crippen LogP contribution in [0.1, 0.15) is 49.3 Å². The van der Waals surface area contributed by atoms with Crippen molar-refractivity contribution >= 4 is 0 Å². The first kappa shape index (κ1) is 13.6. The second kappa shape index (κ2) is 6.38. The van der Waals surface area contributed by atoms with Crippen LogP contribution >= 0.6 is 0 Å². The molecule has 0 radical (unpaired) electrons. The summed E-state index contributed by atoms with van der Waals surface area (Å²) in [6.07, 6.45) is 6.64. The maximum atomic E-state index is 3.73. The van der Waals surface area contributed by atoms with Crippen molar-refractivity contribution in [1.82, 2.24) is 5.32 Å². The predicted octanol–water partition coefficient (Wildman–Crippen LogP) is 4.01. The molecule has 1 atom stereocenters. The molecule has 1 aliphatic carbocycles. The summed E-state index contributed by atoms with van der Waals surface area (Å²) in [4.78, 5) is 0. The fourth-order valence-electron chi connectivity index (χ4n) is 2.87. The van der Waals surface area contributed by atoms with Crippen LogP contribution in [0.3, 0.4) is 0 Å². The number of benzene rings is 1. The van der Waals surface area contributed by atoms with Crippen molar-refractivity contribution in [3.05, 3.63) is 34.9 Å². The molecule has 0 aromatic heterocycles. The molecule has 0 aliphatic heterocycles. The minimum Gasteiger partial charge on any atom is -0.314 e. The highest BCUT2D eigenvalue weighted by Gasteiger charge is 2.30. The van der Waals surface area contributed by atoms with Crippen LogP contribution in [-0.4, -0.2) is 12.6 Å². The average Bonchev–Trinajstić information content (AvgIpc) is 3.12. The fourth-order valence-corrected chi connectivity index (χ4v) is 2.87. The molecule has 1 nitrogen and oxygen atoms in total. The van der Waals surface area contributed by atoms with Crippen molar-refractivity contribution in [3.63, 3.8) is 0 Å². The van der Waals surface area contributed by atoms with Gasteiger partial charge in [0.2, 0.25) is 0 Å². The monoisotopic (exact) mass is 245 g/mol. The van der Waals surface area contributed by atoms with Crippen LogP contribution < -0.4 is 5.32 Å². The Labute approximate surface area is 112 Å². The molecular weight excluding hydrogens is 218 g/mol. The van der Waals surface area contributed by atoms with Crippen LogP contribution in [-0.2, 0) is 6.42 Å². The molecule has 0 spiro atoms. The Balaban J connectivity index is 1.87. The third-order valence-corrected chi connectivity index (χ3v) is 3.87. The van der Waals surface area contributed by atoms with Crippen molar-refractivity contribution in [2.24, 2.45) is 5.92 Å². The summed E-state index contributed by atoms with van der Waals surface area (Å²) in [5.74, 6) is 0.961. The van der Waals surface area contributed by atoms with Crippen molar-refractivity contribution < 1.29 is 0 Å². The zero-order valence-electron chi connectivity index (χ0n) is 12.1. The van der Waals surface area contributed by atoms with Crippen molar-refractivity contribution in [2.75, 3.05) is 6.54 Å². The predicted molar refractivity (Wildman–Crippen MR) is 79.0 cm³/mol. The number of nitrogens with one attached hydrogen (secondary N) is 1. The van der Waals surface area contributed by atoms with Gasteiger partial charge in [0.25, 0.3) is 0 Å². The van der Waals surface area contributed by atoms with Gasteiger partial charge in [0.1, 0.15) is 0 Å². The van der Waals surface area contributed by atoms with E-state index in [1.54, 1.807) is 0 Å². The molecular formula is C17H27N. The zero-order chi connectivity index (χ0) is 13.0. The van der Waals surface area contributed by atoms with E-state index >= 15 is 0 Å². The maximum Gasteiger partial charge on any atom is 0.00984 e. The molecule has 1 unspecified atom stereocenters. The molecule has 0 heterocycles. The average molecular weight is 245 g/mol. The first-order valence-corrected chi connectivity index (χ1v) is 7.49. The van der Waals surface area contributed by atoms with Gasteiger partial charge in [-0.05, 0) is 64.0 Å². The van der Waals surface area contributed by atoms with E-state index in [-0.39, 0.29) is 0 Å². The quantitative estimate of drug-likeness (QED) is 0.765. The second-order valence-electron chi connectivity index (χ2n) is 5.93. The Morgan fingerprint density at radius 2 is 1.83 bits per heavy atom.